The molecule has 2 atom stereocenters. The highest BCUT2D eigenvalue weighted by molar-refractivity contribution is 7.91. The number of aryl methyl sites for hydroxylation is 2. The molecule has 2 aliphatic rings. The number of aromatic nitrogens is 4. The predicted molar refractivity (Wildman–Crippen MR) is 225 cm³/mol. The molecule has 0 aliphatic carbocycles. The van der Waals surface area contributed by atoms with Crippen molar-refractivity contribution in [1.29, 1.82) is 0 Å². The van der Waals surface area contributed by atoms with Gasteiger partial charge in [0, 0.05) is 68.5 Å². The zero-order valence-corrected chi connectivity index (χ0v) is 35.8. The van der Waals surface area contributed by atoms with Gasteiger partial charge in [-0.1, -0.05) is 51.5 Å². The van der Waals surface area contributed by atoms with E-state index in [1.165, 1.54) is 24.3 Å². The molecule has 4 heterocycles. The van der Waals surface area contributed by atoms with Gasteiger partial charge in [0.15, 0.2) is 33.1 Å². The molecule has 0 amide bonds. The number of rotatable bonds is 7. The number of piperazine rings is 1. The summed E-state index contributed by atoms with van der Waals surface area (Å²) < 4.78 is 72.6. The summed E-state index contributed by atoms with van der Waals surface area (Å²) in [6, 6.07) is 15.3. The highest BCUT2D eigenvalue weighted by atomic mass is 32.2. The first-order valence-electron chi connectivity index (χ1n) is 20.6. The van der Waals surface area contributed by atoms with E-state index in [0.717, 1.165) is 37.3 Å². The lowest BCUT2D eigenvalue weighted by Crippen LogP contribution is -2.45. The standard InChI is InChI=1S/C45H56F2N6O5S/c1-30(42(54)57-23-22-53-20-18-51(5)19-21-53)25-31-9-7-10-32(26-31)45(4)16-8-15-44(2,3)29-59(55,56)24-14-35-34-13-17-48-39(34)28-38(47)40(35)58-33-11-12-37(46)36(27-33)41-49-43(45)50-52(41)6/h7,9-13,17,26-28,30,48H,8,14-16,18-25,29H2,1-6H3/t30-,45?/m0/s1. The van der Waals surface area contributed by atoms with Gasteiger partial charge in [-0.2, -0.15) is 5.10 Å². The molecule has 2 aromatic heterocycles. The zero-order chi connectivity index (χ0) is 42.1. The second-order valence-electron chi connectivity index (χ2n) is 17.5. The van der Waals surface area contributed by atoms with Crippen LogP contribution in [-0.2, 0) is 44.7 Å². The lowest BCUT2D eigenvalue weighted by Gasteiger charge is -2.32. The molecule has 1 fully saturated rings. The van der Waals surface area contributed by atoms with Crippen molar-refractivity contribution >= 4 is 26.7 Å². The van der Waals surface area contributed by atoms with E-state index >= 15 is 8.78 Å². The first-order chi connectivity index (χ1) is 28.0. The SMILES string of the molecule is C[C@@H](Cc1cccc(C2(C)CCCC(C)(C)CS(=O)(=O)CCc3c(c(F)cc4[nH]ccc34)Oc3ccc(F)c(c3)-c3nc2nn3C)c1)C(=O)OCCN1CCN(C)CC1. The largest absolute Gasteiger partial charge is 0.464 e. The maximum Gasteiger partial charge on any atom is 0.309 e. The van der Waals surface area contributed by atoms with Gasteiger partial charge >= 0.3 is 5.97 Å². The van der Waals surface area contributed by atoms with Crippen molar-refractivity contribution in [2.45, 2.75) is 65.2 Å². The summed E-state index contributed by atoms with van der Waals surface area (Å²) in [4.78, 5) is 25.7. The van der Waals surface area contributed by atoms with E-state index in [4.69, 9.17) is 19.6 Å². The summed E-state index contributed by atoms with van der Waals surface area (Å²) in [5.74, 6) is -1.29. The molecule has 1 N–H and O–H groups in total. The average molecular weight is 831 g/mol. The van der Waals surface area contributed by atoms with Crippen LogP contribution in [0, 0.1) is 23.0 Å². The van der Waals surface area contributed by atoms with Crippen LogP contribution in [0.5, 0.6) is 11.5 Å². The first kappa shape index (κ1) is 42.5. The number of hydrogen-bond acceptors (Lipinski definition) is 9. The minimum atomic E-state index is -3.60. The molecular formula is C45H56F2N6O5S. The van der Waals surface area contributed by atoms with Crippen LogP contribution in [0.25, 0.3) is 22.3 Å². The molecule has 316 valence electrons. The van der Waals surface area contributed by atoms with E-state index in [9.17, 15) is 13.2 Å². The lowest BCUT2D eigenvalue weighted by molar-refractivity contribution is -0.148. The molecule has 1 saturated heterocycles. The fourth-order valence-corrected chi connectivity index (χ4v) is 10.6. The van der Waals surface area contributed by atoms with Crippen molar-refractivity contribution in [2.75, 3.05) is 57.9 Å². The van der Waals surface area contributed by atoms with E-state index in [2.05, 4.69) is 34.8 Å². The fourth-order valence-electron chi connectivity index (χ4n) is 8.56. The number of ether oxygens (including phenoxy) is 2. The van der Waals surface area contributed by atoms with Gasteiger partial charge in [-0.05, 0) is 80.5 Å². The second-order valence-corrected chi connectivity index (χ2v) is 19.7. The summed E-state index contributed by atoms with van der Waals surface area (Å²) in [5, 5.41) is 5.54. The van der Waals surface area contributed by atoms with Gasteiger partial charge in [0.1, 0.15) is 18.2 Å². The molecule has 2 aliphatic heterocycles. The van der Waals surface area contributed by atoms with Crippen LogP contribution in [0.3, 0.4) is 0 Å². The van der Waals surface area contributed by atoms with Crippen molar-refractivity contribution < 1.29 is 31.5 Å². The molecule has 0 spiro atoms. The minimum absolute atomic E-state index is 0.0297. The van der Waals surface area contributed by atoms with Crippen molar-refractivity contribution in [3.05, 3.63) is 94.9 Å². The van der Waals surface area contributed by atoms with Crippen LogP contribution in [0.4, 0.5) is 8.78 Å². The summed E-state index contributed by atoms with van der Waals surface area (Å²) in [7, 11) is 0.219. The Hall–Kier alpha value is -4.66. The Morgan fingerprint density at radius 1 is 1.00 bits per heavy atom. The van der Waals surface area contributed by atoms with Crippen molar-refractivity contribution in [3.63, 3.8) is 0 Å². The second kappa shape index (κ2) is 17.1. The highest BCUT2D eigenvalue weighted by Crippen LogP contribution is 2.41. The normalized spacial score (nSPS) is 20.9. The number of nitrogens with zero attached hydrogens (tertiary/aromatic N) is 5. The summed E-state index contributed by atoms with van der Waals surface area (Å²) in [5.41, 5.74) is 1.57. The fraction of sp³-hybridized carbons (Fsp3) is 0.489. The van der Waals surface area contributed by atoms with Gasteiger partial charge in [-0.3, -0.25) is 9.69 Å². The predicted octanol–water partition coefficient (Wildman–Crippen LogP) is 7.48. The number of benzene rings is 3. The third kappa shape index (κ3) is 9.71. The monoisotopic (exact) mass is 830 g/mol. The molecule has 7 rings (SSSR count). The van der Waals surface area contributed by atoms with Crippen molar-refractivity contribution in [1.82, 2.24) is 29.5 Å². The lowest BCUT2D eigenvalue weighted by atomic mass is 9.75. The molecule has 59 heavy (non-hydrogen) atoms. The van der Waals surface area contributed by atoms with Crippen LogP contribution in [0.1, 0.15) is 69.5 Å². The number of nitrogens with one attached hydrogen (secondary N) is 1. The van der Waals surface area contributed by atoms with Gasteiger partial charge in [0.05, 0.1) is 28.4 Å². The van der Waals surface area contributed by atoms with E-state index in [-0.39, 0.29) is 52.7 Å². The number of fused-ring (bicyclic) bond motifs is 8. The first-order valence-corrected chi connectivity index (χ1v) is 22.4. The summed E-state index contributed by atoms with van der Waals surface area (Å²) >= 11 is 0. The molecule has 0 radical (unpaired) electrons. The van der Waals surface area contributed by atoms with Gasteiger partial charge in [-0.15, -0.1) is 0 Å². The van der Waals surface area contributed by atoms with Gasteiger partial charge in [0.2, 0.25) is 0 Å². The maximum atomic E-state index is 15.8. The third-order valence-corrected chi connectivity index (χ3v) is 14.1. The van der Waals surface area contributed by atoms with Crippen LogP contribution in [-0.4, -0.2) is 102 Å². The Morgan fingerprint density at radius 3 is 2.56 bits per heavy atom. The number of aromatic amines is 1. The van der Waals surface area contributed by atoms with E-state index in [1.807, 2.05) is 39.0 Å². The highest BCUT2D eigenvalue weighted by Gasteiger charge is 2.36. The molecule has 4 bridgehead atoms. The third-order valence-electron chi connectivity index (χ3n) is 12.1. The Bertz CT molecular complexity index is 2420. The number of halogens is 2. The number of H-pyrrole nitrogens is 1. The molecule has 0 saturated carbocycles. The Balaban J connectivity index is 1.21. The van der Waals surface area contributed by atoms with Gasteiger partial charge < -0.3 is 19.4 Å². The topological polar surface area (TPSA) is 123 Å². The smallest absolute Gasteiger partial charge is 0.309 e. The van der Waals surface area contributed by atoms with Gasteiger partial charge in [0.25, 0.3) is 0 Å². The van der Waals surface area contributed by atoms with Crippen LogP contribution in [0.15, 0.2) is 60.8 Å². The minimum Gasteiger partial charge on any atom is -0.464 e. The van der Waals surface area contributed by atoms with Crippen LogP contribution < -0.4 is 4.74 Å². The van der Waals surface area contributed by atoms with E-state index in [0.29, 0.717) is 61.1 Å². The quantitative estimate of drug-likeness (QED) is 0.167. The number of hydrogen-bond donors (Lipinski definition) is 1. The Labute approximate surface area is 346 Å². The average Bonchev–Trinajstić information content (AvgIpc) is 3.81. The number of sulfone groups is 1. The number of likely N-dealkylation sites (N-methyl/N-ethyl adjacent to an activating group) is 1. The molecule has 1 unspecified atom stereocenters. The molecular weight excluding hydrogens is 775 g/mol. The maximum absolute atomic E-state index is 15.8. The summed E-state index contributed by atoms with van der Waals surface area (Å²) in [6.45, 7) is 12.9. The zero-order valence-electron chi connectivity index (χ0n) is 35.0. The number of carbonyl (C=O) groups excluding carboxylic acids is 1. The Kier molecular flexibility index (Phi) is 12.3. The summed E-state index contributed by atoms with van der Waals surface area (Å²) in [6.07, 6.45) is 3.97. The van der Waals surface area contributed by atoms with E-state index < -0.39 is 32.3 Å². The Morgan fingerprint density at radius 2 is 1.78 bits per heavy atom. The molecule has 14 heteroatoms. The van der Waals surface area contributed by atoms with Crippen molar-refractivity contribution in [2.24, 2.45) is 18.4 Å². The molecule has 5 aromatic rings. The molecule has 3 aromatic carbocycles. The van der Waals surface area contributed by atoms with Crippen molar-refractivity contribution in [3.8, 4) is 22.9 Å². The van der Waals surface area contributed by atoms with Crippen LogP contribution >= 0.6 is 0 Å². The number of esters is 1. The van der Waals surface area contributed by atoms with E-state index in [1.54, 1.807) is 24.0 Å². The molecule has 11 nitrogen and oxygen atoms in total. The number of carbonyl (C=O) groups is 1. The van der Waals surface area contributed by atoms with Crippen LogP contribution in [0.2, 0.25) is 0 Å². The van der Waals surface area contributed by atoms with Gasteiger partial charge in [-0.25, -0.2) is 26.9 Å².